The van der Waals surface area contributed by atoms with E-state index in [0.717, 1.165) is 5.69 Å². The number of rotatable bonds is 4. The topological polar surface area (TPSA) is 49.4 Å². The van der Waals surface area contributed by atoms with Crippen LogP contribution in [-0.4, -0.2) is 18.9 Å². The molecule has 1 aliphatic carbocycles. The van der Waals surface area contributed by atoms with Gasteiger partial charge in [0.15, 0.2) is 0 Å². The second-order valence-electron chi connectivity index (χ2n) is 5.75. The van der Waals surface area contributed by atoms with Crippen molar-refractivity contribution in [3.8, 4) is 0 Å². The molecule has 0 radical (unpaired) electrons. The van der Waals surface area contributed by atoms with Gasteiger partial charge < -0.3 is 10.2 Å². The van der Waals surface area contributed by atoms with Crippen LogP contribution >= 0.6 is 0 Å². The molecule has 118 valence electrons. The van der Waals surface area contributed by atoms with Crippen molar-refractivity contribution >= 4 is 23.2 Å². The summed E-state index contributed by atoms with van der Waals surface area (Å²) in [6, 6.07) is 14.8. The average Bonchev–Trinajstić information content (AvgIpc) is 3.36. The lowest BCUT2D eigenvalue weighted by Gasteiger charge is -2.23. The number of nitrogens with one attached hydrogen (secondary N) is 1. The number of nitrogens with zero attached hydrogens (tertiary/aromatic N) is 1. The minimum atomic E-state index is -1.04. The van der Waals surface area contributed by atoms with Crippen LogP contribution in [0.3, 0.4) is 0 Å². The largest absolute Gasteiger partial charge is 0.325 e. The molecular formula is C18H17FN2O2. The number of hydrogen-bond donors (Lipinski definition) is 1. The van der Waals surface area contributed by atoms with Gasteiger partial charge in [-0.15, -0.1) is 0 Å². The number of carbonyl (C=O) groups excluding carboxylic acids is 2. The van der Waals surface area contributed by atoms with Crippen LogP contribution in [0.5, 0.6) is 0 Å². The van der Waals surface area contributed by atoms with Gasteiger partial charge in [0.05, 0.1) is 0 Å². The summed E-state index contributed by atoms with van der Waals surface area (Å²) in [4.78, 5) is 26.7. The molecule has 0 spiro atoms. The maximum atomic E-state index is 13.2. The number of anilines is 2. The van der Waals surface area contributed by atoms with Crippen LogP contribution in [0.2, 0.25) is 0 Å². The molecule has 0 saturated heterocycles. The normalized spacial score (nSPS) is 14.9. The highest BCUT2D eigenvalue weighted by molar-refractivity contribution is 6.17. The molecule has 5 heteroatoms. The lowest BCUT2D eigenvalue weighted by molar-refractivity contribution is -0.132. The number of halogens is 1. The smallest absolute Gasteiger partial charge is 0.242 e. The molecule has 23 heavy (non-hydrogen) atoms. The standard InChI is InChI=1S/C18H17FN2O2/c1-21(15-8-3-2-4-9-15)17(23)18(10-11-18)16(22)20-14-7-5-6-13(19)12-14/h2-9,12H,10-11H2,1H3,(H,20,22). The zero-order valence-electron chi connectivity index (χ0n) is 12.8. The SMILES string of the molecule is CN(C(=O)C1(C(=O)Nc2cccc(F)c2)CC1)c1ccccc1. The highest BCUT2D eigenvalue weighted by Gasteiger charge is 2.57. The summed E-state index contributed by atoms with van der Waals surface area (Å²) < 4.78 is 13.2. The fraction of sp³-hybridized carbons (Fsp3) is 0.222. The van der Waals surface area contributed by atoms with E-state index in [2.05, 4.69) is 5.32 Å². The first-order valence-corrected chi connectivity index (χ1v) is 7.43. The molecule has 0 bridgehead atoms. The van der Waals surface area contributed by atoms with Crippen molar-refractivity contribution in [2.24, 2.45) is 5.41 Å². The van der Waals surface area contributed by atoms with Gasteiger partial charge in [0.25, 0.3) is 0 Å². The van der Waals surface area contributed by atoms with E-state index in [9.17, 15) is 14.0 Å². The Morgan fingerprint density at radius 3 is 2.39 bits per heavy atom. The molecule has 0 unspecified atom stereocenters. The van der Waals surface area contributed by atoms with Gasteiger partial charge >= 0.3 is 0 Å². The van der Waals surface area contributed by atoms with Crippen LogP contribution in [0.1, 0.15) is 12.8 Å². The van der Waals surface area contributed by atoms with Crippen molar-refractivity contribution in [1.82, 2.24) is 0 Å². The molecule has 0 heterocycles. The molecule has 4 nitrogen and oxygen atoms in total. The van der Waals surface area contributed by atoms with Gasteiger partial charge in [0.1, 0.15) is 11.2 Å². The van der Waals surface area contributed by atoms with Crippen molar-refractivity contribution in [2.75, 3.05) is 17.3 Å². The van der Waals surface area contributed by atoms with E-state index >= 15 is 0 Å². The zero-order chi connectivity index (χ0) is 16.4. The minimum absolute atomic E-state index is 0.238. The number of hydrogen-bond acceptors (Lipinski definition) is 2. The first-order chi connectivity index (χ1) is 11.0. The number of carbonyl (C=O) groups is 2. The molecule has 1 N–H and O–H groups in total. The average molecular weight is 312 g/mol. The van der Waals surface area contributed by atoms with Crippen LogP contribution in [0.4, 0.5) is 15.8 Å². The van der Waals surface area contributed by atoms with E-state index in [1.54, 1.807) is 13.1 Å². The summed E-state index contributed by atoms with van der Waals surface area (Å²) in [7, 11) is 1.66. The first kappa shape index (κ1) is 15.2. The van der Waals surface area contributed by atoms with E-state index < -0.39 is 11.2 Å². The van der Waals surface area contributed by atoms with Gasteiger partial charge in [-0.25, -0.2) is 4.39 Å². The van der Waals surface area contributed by atoms with E-state index in [1.807, 2.05) is 30.3 Å². The molecule has 2 aromatic rings. The van der Waals surface area contributed by atoms with Gasteiger partial charge in [0, 0.05) is 18.4 Å². The number of benzene rings is 2. The Balaban J connectivity index is 1.76. The molecule has 3 rings (SSSR count). The molecule has 1 saturated carbocycles. The molecule has 0 aliphatic heterocycles. The minimum Gasteiger partial charge on any atom is -0.325 e. The summed E-state index contributed by atoms with van der Waals surface area (Å²) in [5.74, 6) is -1.05. The van der Waals surface area contributed by atoms with Gasteiger partial charge in [-0.2, -0.15) is 0 Å². The highest BCUT2D eigenvalue weighted by atomic mass is 19.1. The summed E-state index contributed by atoms with van der Waals surface area (Å²) in [5.41, 5.74) is 0.0513. The van der Waals surface area contributed by atoms with E-state index in [4.69, 9.17) is 0 Å². The molecule has 0 atom stereocenters. The maximum Gasteiger partial charge on any atom is 0.242 e. The Hall–Kier alpha value is -2.69. The lowest BCUT2D eigenvalue weighted by atomic mass is 10.0. The third kappa shape index (κ3) is 2.95. The van der Waals surface area contributed by atoms with E-state index in [1.165, 1.54) is 23.1 Å². The van der Waals surface area contributed by atoms with Crippen LogP contribution in [0, 0.1) is 11.2 Å². The zero-order valence-corrected chi connectivity index (χ0v) is 12.8. The van der Waals surface area contributed by atoms with Crippen LogP contribution in [-0.2, 0) is 9.59 Å². The van der Waals surface area contributed by atoms with E-state index in [-0.39, 0.29) is 11.8 Å². The third-order valence-corrected chi connectivity index (χ3v) is 4.12. The molecule has 1 aliphatic rings. The molecule has 2 aromatic carbocycles. The Kier molecular flexibility index (Phi) is 3.86. The molecule has 0 aromatic heterocycles. The number of para-hydroxylation sites is 1. The fourth-order valence-electron chi connectivity index (χ4n) is 2.57. The summed E-state index contributed by atoms with van der Waals surface area (Å²) in [6.07, 6.45) is 1.01. The predicted octanol–water partition coefficient (Wildman–Crippen LogP) is 3.21. The second kappa shape index (κ2) is 5.83. The van der Waals surface area contributed by atoms with Crippen molar-refractivity contribution in [2.45, 2.75) is 12.8 Å². The van der Waals surface area contributed by atoms with Crippen LogP contribution in [0.15, 0.2) is 54.6 Å². The van der Waals surface area contributed by atoms with Gasteiger partial charge in [-0.3, -0.25) is 9.59 Å². The Labute approximate surface area is 133 Å². The third-order valence-electron chi connectivity index (χ3n) is 4.12. The van der Waals surface area contributed by atoms with Crippen LogP contribution < -0.4 is 10.2 Å². The van der Waals surface area contributed by atoms with Gasteiger partial charge in [0.2, 0.25) is 11.8 Å². The quantitative estimate of drug-likeness (QED) is 0.881. The van der Waals surface area contributed by atoms with Crippen LogP contribution in [0.25, 0.3) is 0 Å². The number of amides is 2. The predicted molar refractivity (Wildman–Crippen MR) is 86.5 cm³/mol. The van der Waals surface area contributed by atoms with Crippen molar-refractivity contribution in [1.29, 1.82) is 0 Å². The maximum absolute atomic E-state index is 13.2. The van der Waals surface area contributed by atoms with Crippen molar-refractivity contribution in [3.05, 3.63) is 60.4 Å². The van der Waals surface area contributed by atoms with Gasteiger partial charge in [-0.05, 0) is 43.2 Å². The van der Waals surface area contributed by atoms with Gasteiger partial charge in [-0.1, -0.05) is 24.3 Å². The first-order valence-electron chi connectivity index (χ1n) is 7.43. The van der Waals surface area contributed by atoms with Crippen molar-refractivity contribution < 1.29 is 14.0 Å². The summed E-state index contributed by atoms with van der Waals surface area (Å²) in [6.45, 7) is 0. The Bertz CT molecular complexity index is 742. The summed E-state index contributed by atoms with van der Waals surface area (Å²) >= 11 is 0. The Morgan fingerprint density at radius 2 is 1.78 bits per heavy atom. The second-order valence-corrected chi connectivity index (χ2v) is 5.75. The molecular weight excluding hydrogens is 295 g/mol. The molecule has 1 fully saturated rings. The highest BCUT2D eigenvalue weighted by Crippen LogP contribution is 2.48. The monoisotopic (exact) mass is 312 g/mol. The molecule has 2 amide bonds. The Morgan fingerprint density at radius 1 is 1.09 bits per heavy atom. The summed E-state index contributed by atoms with van der Waals surface area (Å²) in [5, 5.41) is 2.65. The van der Waals surface area contributed by atoms with Crippen molar-refractivity contribution in [3.63, 3.8) is 0 Å². The van der Waals surface area contributed by atoms with E-state index in [0.29, 0.717) is 18.5 Å². The lowest BCUT2D eigenvalue weighted by Crippen LogP contribution is -2.41. The fourth-order valence-corrected chi connectivity index (χ4v) is 2.57.